The SMILES string of the molecule is COCOc1cccc2c1CCC[C@@]2(C#N)[C@@]1(OCOC)c2cccc(OCOC)c2[C@@H](O)[C@@H]2O[C@@H]21. The van der Waals surface area contributed by atoms with Gasteiger partial charge in [-0.1, -0.05) is 24.3 Å². The molecule has 1 N–H and O–H groups in total. The summed E-state index contributed by atoms with van der Waals surface area (Å²) in [4.78, 5) is 0. The molecule has 3 aliphatic rings. The molecule has 2 aromatic rings. The fraction of sp³-hybridized carbons (Fsp3) is 0.519. The first-order chi connectivity index (χ1) is 17.6. The highest BCUT2D eigenvalue weighted by atomic mass is 16.7. The quantitative estimate of drug-likeness (QED) is 0.391. The van der Waals surface area contributed by atoms with E-state index in [4.69, 9.17) is 33.2 Å². The average molecular weight is 498 g/mol. The summed E-state index contributed by atoms with van der Waals surface area (Å²) < 4.78 is 40.0. The Labute approximate surface area is 210 Å². The molecule has 0 unspecified atom stereocenters. The maximum atomic E-state index is 11.3. The molecule has 1 saturated heterocycles. The predicted octanol–water partition coefficient (Wildman–Crippen LogP) is 3.08. The first kappa shape index (κ1) is 25.0. The van der Waals surface area contributed by atoms with Gasteiger partial charge in [-0.25, -0.2) is 0 Å². The van der Waals surface area contributed by atoms with Crippen molar-refractivity contribution in [3.63, 3.8) is 0 Å². The van der Waals surface area contributed by atoms with Gasteiger partial charge in [0.2, 0.25) is 0 Å². The largest absolute Gasteiger partial charge is 0.467 e. The average Bonchev–Trinajstić information content (AvgIpc) is 3.72. The van der Waals surface area contributed by atoms with Crippen LogP contribution in [0.2, 0.25) is 0 Å². The maximum Gasteiger partial charge on any atom is 0.188 e. The Morgan fingerprint density at radius 1 is 0.972 bits per heavy atom. The van der Waals surface area contributed by atoms with Crippen molar-refractivity contribution in [1.82, 2.24) is 0 Å². The van der Waals surface area contributed by atoms with Crippen molar-refractivity contribution in [3.05, 3.63) is 58.7 Å². The van der Waals surface area contributed by atoms with Crippen LogP contribution in [0.1, 0.15) is 41.2 Å². The molecule has 0 amide bonds. The Bertz CT molecular complexity index is 1150. The van der Waals surface area contributed by atoms with Crippen LogP contribution < -0.4 is 9.47 Å². The van der Waals surface area contributed by atoms with Gasteiger partial charge < -0.3 is 38.3 Å². The summed E-state index contributed by atoms with van der Waals surface area (Å²) >= 11 is 0. The lowest BCUT2D eigenvalue weighted by Gasteiger charge is -2.50. The van der Waals surface area contributed by atoms with E-state index < -0.39 is 29.3 Å². The number of nitrogens with zero attached hydrogens (tertiary/aromatic N) is 1. The summed E-state index contributed by atoms with van der Waals surface area (Å²) in [5.74, 6) is 1.14. The third-order valence-corrected chi connectivity index (χ3v) is 7.46. The van der Waals surface area contributed by atoms with Gasteiger partial charge >= 0.3 is 0 Å². The Hall–Kier alpha value is -2.71. The molecule has 0 radical (unpaired) electrons. The highest BCUT2D eigenvalue weighted by Gasteiger charge is 2.73. The summed E-state index contributed by atoms with van der Waals surface area (Å²) in [7, 11) is 4.64. The van der Waals surface area contributed by atoms with Crippen LogP contribution >= 0.6 is 0 Å². The lowest BCUT2D eigenvalue weighted by molar-refractivity contribution is -0.178. The Morgan fingerprint density at radius 3 is 2.33 bits per heavy atom. The number of benzene rings is 2. The zero-order valence-electron chi connectivity index (χ0n) is 20.7. The third kappa shape index (κ3) is 3.60. The van der Waals surface area contributed by atoms with Gasteiger partial charge in [-0.3, -0.25) is 0 Å². The number of methoxy groups -OCH3 is 3. The van der Waals surface area contributed by atoms with Crippen LogP contribution in [0.5, 0.6) is 11.5 Å². The van der Waals surface area contributed by atoms with Crippen molar-refractivity contribution in [2.45, 2.75) is 48.6 Å². The van der Waals surface area contributed by atoms with E-state index >= 15 is 0 Å². The summed E-state index contributed by atoms with van der Waals surface area (Å²) in [5, 5.41) is 22.3. The van der Waals surface area contributed by atoms with E-state index in [0.29, 0.717) is 29.0 Å². The van der Waals surface area contributed by atoms with Gasteiger partial charge in [-0.05, 0) is 48.1 Å². The molecule has 5 atom stereocenters. The molecule has 192 valence electrons. The number of rotatable bonds is 10. The van der Waals surface area contributed by atoms with Crippen molar-refractivity contribution in [3.8, 4) is 17.6 Å². The van der Waals surface area contributed by atoms with Crippen molar-refractivity contribution in [1.29, 1.82) is 5.26 Å². The maximum absolute atomic E-state index is 11.3. The van der Waals surface area contributed by atoms with Crippen molar-refractivity contribution in [2.24, 2.45) is 0 Å². The standard InChI is InChI=1S/C27H31NO8/c1-30-14-33-20-10-4-8-18-17(20)7-6-12-26(18,13-28)27(35-16-32-3)19-9-5-11-21(34-15-31-2)22(19)23(29)24-25(27)36-24/h4-5,8-11,23-25,29H,6-7,12,14-16H2,1-3H3/t23-,24+,25+,26+,27-/m1/s1. The number of hydrogen-bond donors (Lipinski definition) is 1. The van der Waals surface area contributed by atoms with Crippen LogP contribution in [-0.4, -0.2) is 59.0 Å². The zero-order valence-corrected chi connectivity index (χ0v) is 20.7. The van der Waals surface area contributed by atoms with Crippen molar-refractivity contribution >= 4 is 0 Å². The molecule has 5 rings (SSSR count). The normalized spacial score (nSPS) is 29.9. The van der Waals surface area contributed by atoms with Crippen LogP contribution in [0, 0.1) is 11.3 Å². The van der Waals surface area contributed by atoms with Crippen LogP contribution in [0.4, 0.5) is 0 Å². The first-order valence-corrected chi connectivity index (χ1v) is 12.0. The van der Waals surface area contributed by atoms with Gasteiger partial charge in [0.15, 0.2) is 13.6 Å². The lowest BCUT2D eigenvalue weighted by Crippen LogP contribution is -2.58. The molecular weight excluding hydrogens is 466 g/mol. The second-order valence-corrected chi connectivity index (χ2v) is 9.22. The van der Waals surface area contributed by atoms with Gasteiger partial charge in [-0.2, -0.15) is 5.26 Å². The van der Waals surface area contributed by atoms with Crippen LogP contribution in [0.25, 0.3) is 0 Å². The van der Waals surface area contributed by atoms with Crippen LogP contribution in [-0.2, 0) is 41.1 Å². The van der Waals surface area contributed by atoms with Gasteiger partial charge in [0.1, 0.15) is 47.6 Å². The van der Waals surface area contributed by atoms with E-state index in [1.807, 2.05) is 30.3 Å². The molecule has 36 heavy (non-hydrogen) atoms. The first-order valence-electron chi connectivity index (χ1n) is 12.0. The Balaban J connectivity index is 1.76. The molecule has 1 heterocycles. The topological polar surface area (TPSA) is 112 Å². The van der Waals surface area contributed by atoms with Crippen LogP contribution in [0.3, 0.4) is 0 Å². The molecule has 2 aliphatic carbocycles. The molecule has 0 spiro atoms. The van der Waals surface area contributed by atoms with E-state index in [2.05, 4.69) is 6.07 Å². The second-order valence-electron chi connectivity index (χ2n) is 9.22. The van der Waals surface area contributed by atoms with E-state index in [1.165, 1.54) is 7.11 Å². The minimum atomic E-state index is -1.27. The molecule has 0 bridgehead atoms. The monoisotopic (exact) mass is 497 g/mol. The molecule has 9 nitrogen and oxygen atoms in total. The van der Waals surface area contributed by atoms with Crippen molar-refractivity contribution < 1.29 is 38.3 Å². The summed E-state index contributed by atoms with van der Waals surface area (Å²) in [5.41, 5.74) is 0.535. The van der Waals surface area contributed by atoms with E-state index in [0.717, 1.165) is 24.0 Å². The molecule has 0 aromatic heterocycles. The summed E-state index contributed by atoms with van der Waals surface area (Å²) in [6.45, 7) is 0.0464. The molecule has 9 heteroatoms. The fourth-order valence-corrected chi connectivity index (χ4v) is 6.07. The molecule has 1 aliphatic heterocycles. The number of ether oxygens (including phenoxy) is 7. The number of fused-ring (bicyclic) bond motifs is 3. The Morgan fingerprint density at radius 2 is 1.64 bits per heavy atom. The van der Waals surface area contributed by atoms with Crippen molar-refractivity contribution in [2.75, 3.05) is 41.7 Å². The predicted molar refractivity (Wildman–Crippen MR) is 126 cm³/mol. The van der Waals surface area contributed by atoms with Gasteiger partial charge in [0.05, 0.1) is 6.07 Å². The number of aliphatic hydroxyl groups is 1. The van der Waals surface area contributed by atoms with E-state index in [1.54, 1.807) is 20.3 Å². The molecular formula is C27H31NO8. The number of nitriles is 1. The summed E-state index contributed by atoms with van der Waals surface area (Å²) in [6, 6.07) is 13.9. The minimum Gasteiger partial charge on any atom is -0.467 e. The van der Waals surface area contributed by atoms with E-state index in [-0.39, 0.29) is 20.4 Å². The van der Waals surface area contributed by atoms with Gasteiger partial charge in [0.25, 0.3) is 0 Å². The molecule has 2 aromatic carbocycles. The molecule has 1 fully saturated rings. The smallest absolute Gasteiger partial charge is 0.188 e. The van der Waals surface area contributed by atoms with Gasteiger partial charge in [-0.15, -0.1) is 0 Å². The second kappa shape index (κ2) is 9.98. The number of epoxide rings is 1. The van der Waals surface area contributed by atoms with Gasteiger partial charge in [0, 0.05) is 26.9 Å². The van der Waals surface area contributed by atoms with E-state index in [9.17, 15) is 10.4 Å². The zero-order chi connectivity index (χ0) is 25.3. The fourth-order valence-electron chi connectivity index (χ4n) is 6.07. The van der Waals surface area contributed by atoms with Crippen LogP contribution in [0.15, 0.2) is 36.4 Å². The molecule has 0 saturated carbocycles. The minimum absolute atomic E-state index is 0.0104. The Kier molecular flexibility index (Phi) is 6.92. The highest BCUT2D eigenvalue weighted by molar-refractivity contribution is 5.59. The number of hydrogen-bond acceptors (Lipinski definition) is 9. The third-order valence-electron chi connectivity index (χ3n) is 7.46. The summed E-state index contributed by atoms with van der Waals surface area (Å²) in [6.07, 6.45) is -0.0273. The highest BCUT2D eigenvalue weighted by Crippen LogP contribution is 2.64. The number of aliphatic hydroxyl groups excluding tert-OH is 1. The lowest BCUT2D eigenvalue weighted by atomic mass is 9.55.